The minimum Gasteiger partial charge on any atom is -0.444 e. The van der Waals surface area contributed by atoms with E-state index < -0.39 is 16.6 Å². The fourth-order valence-corrected chi connectivity index (χ4v) is 5.08. The SMILES string of the molecule is CNC(=O)c1cnc2[nH]cc(-c3ccc4ncc([N+](=O)[O-])c(N5CCC[C@H](NC(=O)OC(C)(C)C)C5)c4c3)c2c1. The van der Waals surface area contributed by atoms with Gasteiger partial charge in [-0.05, 0) is 57.4 Å². The third kappa shape index (κ3) is 5.37. The molecule has 1 atom stereocenters. The maximum absolute atomic E-state index is 12.4. The number of carbonyl (C=O) groups is 2. The Hall–Kier alpha value is -4.74. The summed E-state index contributed by atoms with van der Waals surface area (Å²) in [6.45, 7) is 6.37. The van der Waals surface area contributed by atoms with Gasteiger partial charge in [-0.15, -0.1) is 0 Å². The summed E-state index contributed by atoms with van der Waals surface area (Å²) in [7, 11) is 1.56. The monoisotopic (exact) mass is 545 g/mol. The van der Waals surface area contributed by atoms with Gasteiger partial charge in [-0.3, -0.25) is 14.9 Å². The first-order chi connectivity index (χ1) is 19.0. The van der Waals surface area contributed by atoms with E-state index in [-0.39, 0.29) is 17.6 Å². The molecule has 4 heterocycles. The number of carbonyl (C=O) groups excluding carboxylic acids is 2. The molecule has 3 N–H and O–H groups in total. The van der Waals surface area contributed by atoms with E-state index in [1.165, 1.54) is 12.4 Å². The predicted molar refractivity (Wildman–Crippen MR) is 151 cm³/mol. The molecule has 0 bridgehead atoms. The van der Waals surface area contributed by atoms with Crippen LogP contribution in [0.2, 0.25) is 0 Å². The highest BCUT2D eigenvalue weighted by Crippen LogP contribution is 2.39. The van der Waals surface area contributed by atoms with E-state index in [9.17, 15) is 19.7 Å². The van der Waals surface area contributed by atoms with Crippen LogP contribution in [0.5, 0.6) is 0 Å². The van der Waals surface area contributed by atoms with Crippen LogP contribution in [-0.4, -0.2) is 63.7 Å². The molecule has 1 saturated heterocycles. The number of nitrogens with one attached hydrogen (secondary N) is 3. The van der Waals surface area contributed by atoms with Gasteiger partial charge in [0.25, 0.3) is 5.91 Å². The Morgan fingerprint density at radius 1 is 1.18 bits per heavy atom. The minimum absolute atomic E-state index is 0.106. The third-order valence-electron chi connectivity index (χ3n) is 6.81. The highest BCUT2D eigenvalue weighted by Gasteiger charge is 2.30. The summed E-state index contributed by atoms with van der Waals surface area (Å²) in [6.07, 6.45) is 5.54. The van der Waals surface area contributed by atoms with Crippen molar-refractivity contribution in [1.82, 2.24) is 25.6 Å². The number of amides is 2. The Morgan fingerprint density at radius 3 is 2.70 bits per heavy atom. The van der Waals surface area contributed by atoms with Crippen LogP contribution in [0.1, 0.15) is 44.0 Å². The summed E-state index contributed by atoms with van der Waals surface area (Å²) in [5.74, 6) is -0.248. The molecule has 0 aliphatic carbocycles. The van der Waals surface area contributed by atoms with Gasteiger partial charge in [0, 0.05) is 54.9 Å². The number of nitrogens with zero attached hydrogens (tertiary/aromatic N) is 4. The Bertz CT molecular complexity index is 1620. The Kier molecular flexibility index (Phi) is 7.01. The number of H-pyrrole nitrogens is 1. The second-order valence-corrected chi connectivity index (χ2v) is 10.8. The van der Waals surface area contributed by atoms with E-state index in [4.69, 9.17) is 4.74 Å². The first-order valence-corrected chi connectivity index (χ1v) is 13.1. The number of benzene rings is 1. The van der Waals surface area contributed by atoms with Crippen LogP contribution in [0.4, 0.5) is 16.2 Å². The summed E-state index contributed by atoms with van der Waals surface area (Å²) < 4.78 is 5.42. The molecular weight excluding hydrogens is 514 g/mol. The van der Waals surface area contributed by atoms with Crippen LogP contribution in [0.3, 0.4) is 0 Å². The summed E-state index contributed by atoms with van der Waals surface area (Å²) in [6, 6.07) is 7.13. The van der Waals surface area contributed by atoms with Crippen molar-refractivity contribution in [2.75, 3.05) is 25.0 Å². The fourth-order valence-electron chi connectivity index (χ4n) is 5.08. The number of aromatic amines is 1. The molecule has 1 aromatic carbocycles. The number of aromatic nitrogens is 3. The summed E-state index contributed by atoms with van der Waals surface area (Å²) in [5, 5.41) is 19.0. The van der Waals surface area contributed by atoms with Crippen molar-refractivity contribution in [2.45, 2.75) is 45.3 Å². The number of piperidine rings is 1. The maximum atomic E-state index is 12.4. The Labute approximate surface area is 230 Å². The largest absolute Gasteiger partial charge is 0.444 e. The van der Waals surface area contributed by atoms with Gasteiger partial charge in [-0.2, -0.15) is 0 Å². The number of hydrogen-bond donors (Lipinski definition) is 3. The molecule has 5 rings (SSSR count). The van der Waals surface area contributed by atoms with Crippen LogP contribution in [0.15, 0.2) is 42.9 Å². The predicted octanol–water partition coefficient (Wildman–Crippen LogP) is 4.54. The first-order valence-electron chi connectivity index (χ1n) is 13.1. The summed E-state index contributed by atoms with van der Waals surface area (Å²) in [4.78, 5) is 50.2. The van der Waals surface area contributed by atoms with E-state index in [0.717, 1.165) is 29.4 Å². The number of rotatable bonds is 5. The fraction of sp³-hybridized carbons (Fsp3) is 0.357. The molecule has 0 radical (unpaired) electrons. The zero-order valence-corrected chi connectivity index (χ0v) is 22.8. The third-order valence-corrected chi connectivity index (χ3v) is 6.81. The molecule has 1 aliphatic heterocycles. The second-order valence-electron chi connectivity index (χ2n) is 10.8. The molecule has 3 aromatic heterocycles. The lowest BCUT2D eigenvalue weighted by Crippen LogP contribution is -2.49. The minimum atomic E-state index is -0.631. The molecule has 40 heavy (non-hydrogen) atoms. The van der Waals surface area contributed by atoms with Gasteiger partial charge in [-0.25, -0.2) is 14.8 Å². The van der Waals surface area contributed by atoms with Crippen LogP contribution >= 0.6 is 0 Å². The number of alkyl carbamates (subject to hydrolysis) is 1. The quantitative estimate of drug-likeness (QED) is 0.244. The van der Waals surface area contributed by atoms with Gasteiger partial charge < -0.3 is 25.3 Å². The topological polar surface area (TPSA) is 155 Å². The molecular formula is C28H31N7O5. The standard InChI is InChI=1S/C28H31N7O5/c1-28(2,3)40-27(37)33-18-6-5-9-34(15-18)24-20-10-16(7-8-22(20)30-14-23(24)35(38)39)21-13-32-25-19(21)11-17(12-31-25)26(36)29-4/h7-8,10-14,18H,5-6,9,15H2,1-4H3,(H,29,36)(H,31,32)(H,33,37)/t18-/m0/s1. The lowest BCUT2D eigenvalue weighted by Gasteiger charge is -2.35. The average molecular weight is 546 g/mol. The lowest BCUT2D eigenvalue weighted by atomic mass is 9.99. The van der Waals surface area contributed by atoms with Gasteiger partial charge >= 0.3 is 11.8 Å². The van der Waals surface area contributed by atoms with E-state index in [2.05, 4.69) is 25.6 Å². The van der Waals surface area contributed by atoms with Crippen molar-refractivity contribution < 1.29 is 19.2 Å². The van der Waals surface area contributed by atoms with Crippen molar-refractivity contribution >= 4 is 45.3 Å². The summed E-state index contributed by atoms with van der Waals surface area (Å²) in [5.41, 5.74) is 2.96. The summed E-state index contributed by atoms with van der Waals surface area (Å²) >= 11 is 0. The smallest absolute Gasteiger partial charge is 0.407 e. The van der Waals surface area contributed by atoms with E-state index in [0.29, 0.717) is 40.9 Å². The van der Waals surface area contributed by atoms with Gasteiger partial charge in [0.2, 0.25) is 0 Å². The molecule has 1 fully saturated rings. The van der Waals surface area contributed by atoms with E-state index in [1.807, 2.05) is 23.1 Å². The zero-order valence-electron chi connectivity index (χ0n) is 22.8. The lowest BCUT2D eigenvalue weighted by molar-refractivity contribution is -0.384. The molecule has 12 nitrogen and oxygen atoms in total. The van der Waals surface area contributed by atoms with Crippen molar-refractivity contribution in [3.63, 3.8) is 0 Å². The highest BCUT2D eigenvalue weighted by molar-refractivity contribution is 6.04. The highest BCUT2D eigenvalue weighted by atomic mass is 16.6. The van der Waals surface area contributed by atoms with Crippen molar-refractivity contribution in [1.29, 1.82) is 0 Å². The number of anilines is 1. The van der Waals surface area contributed by atoms with Gasteiger partial charge in [0.15, 0.2) is 0 Å². The number of nitro groups is 1. The molecule has 4 aromatic rings. The maximum Gasteiger partial charge on any atom is 0.407 e. The van der Waals surface area contributed by atoms with Crippen LogP contribution in [-0.2, 0) is 4.74 Å². The van der Waals surface area contributed by atoms with Crippen molar-refractivity contribution in [3.8, 4) is 11.1 Å². The van der Waals surface area contributed by atoms with E-state index >= 15 is 0 Å². The number of fused-ring (bicyclic) bond motifs is 2. The molecule has 12 heteroatoms. The number of pyridine rings is 2. The van der Waals surface area contributed by atoms with Crippen molar-refractivity contribution in [2.24, 2.45) is 0 Å². The first kappa shape index (κ1) is 26.9. The molecule has 1 aliphatic rings. The second kappa shape index (κ2) is 10.4. The number of hydrogen-bond acceptors (Lipinski definition) is 8. The normalized spacial score (nSPS) is 15.7. The molecule has 208 valence electrons. The van der Waals surface area contributed by atoms with E-state index in [1.54, 1.807) is 40.1 Å². The van der Waals surface area contributed by atoms with Gasteiger partial charge in [0.05, 0.1) is 16.0 Å². The molecule has 2 amide bonds. The van der Waals surface area contributed by atoms with Crippen LogP contribution < -0.4 is 15.5 Å². The Balaban J connectivity index is 1.56. The zero-order chi connectivity index (χ0) is 28.6. The Morgan fingerprint density at radius 2 is 1.98 bits per heavy atom. The number of ether oxygens (including phenoxy) is 1. The molecule has 0 saturated carbocycles. The van der Waals surface area contributed by atoms with Crippen molar-refractivity contribution in [3.05, 3.63) is 58.5 Å². The van der Waals surface area contributed by atoms with Gasteiger partial charge in [-0.1, -0.05) is 6.07 Å². The molecule has 0 spiro atoms. The van der Waals surface area contributed by atoms with Gasteiger partial charge in [0.1, 0.15) is 23.1 Å². The molecule has 0 unspecified atom stereocenters. The van der Waals surface area contributed by atoms with Crippen LogP contribution in [0.25, 0.3) is 33.1 Å². The van der Waals surface area contributed by atoms with Crippen LogP contribution in [0, 0.1) is 10.1 Å². The average Bonchev–Trinajstić information content (AvgIpc) is 3.34.